The van der Waals surface area contributed by atoms with Crippen molar-refractivity contribution in [1.82, 2.24) is 5.32 Å². The second-order valence-corrected chi connectivity index (χ2v) is 8.44. The maximum atomic E-state index is 14.4. The molecule has 6 nitrogen and oxygen atoms in total. The van der Waals surface area contributed by atoms with Crippen molar-refractivity contribution in [3.63, 3.8) is 0 Å². The van der Waals surface area contributed by atoms with E-state index in [0.29, 0.717) is 5.56 Å². The van der Waals surface area contributed by atoms with Gasteiger partial charge in [0.1, 0.15) is 0 Å². The Kier molecular flexibility index (Phi) is 6.94. The Bertz CT molecular complexity index is 1040. The number of nitrogens with one attached hydrogen (secondary N) is 1. The molecule has 3 rings (SSSR count). The fourth-order valence-corrected chi connectivity index (χ4v) is 3.88. The number of ether oxygens (including phenoxy) is 2. The van der Waals surface area contributed by atoms with E-state index < -0.39 is 33.5 Å². The molecule has 2 aromatic rings. The third-order valence-corrected chi connectivity index (χ3v) is 5.70. The molecule has 0 bridgehead atoms. The zero-order valence-corrected chi connectivity index (χ0v) is 18.2. The fraction of sp³-hybridized carbons (Fsp3) is 0.150. The molecular weight excluding hydrogens is 479 g/mol. The summed E-state index contributed by atoms with van der Waals surface area (Å²) in [7, 11) is 1.22. The zero-order valence-electron chi connectivity index (χ0n) is 15.5. The molecule has 10 heteroatoms. The minimum absolute atomic E-state index is 0.0275. The first-order valence-electron chi connectivity index (χ1n) is 8.54. The third kappa shape index (κ3) is 5.09. The van der Waals surface area contributed by atoms with Gasteiger partial charge >= 0.3 is 141 Å². The second kappa shape index (κ2) is 9.45. The van der Waals surface area contributed by atoms with Gasteiger partial charge in [-0.25, -0.2) is 0 Å². The topological polar surface area (TPSA) is 81.7 Å². The van der Waals surface area contributed by atoms with Gasteiger partial charge in [0.15, 0.2) is 0 Å². The molecule has 0 saturated carbocycles. The van der Waals surface area contributed by atoms with Gasteiger partial charge < -0.3 is 0 Å². The Morgan fingerprint density at radius 2 is 1.87 bits per heavy atom. The first-order valence-corrected chi connectivity index (χ1v) is 10.4. The van der Waals surface area contributed by atoms with Gasteiger partial charge in [-0.15, -0.1) is 0 Å². The van der Waals surface area contributed by atoms with Gasteiger partial charge in [-0.2, -0.15) is 0 Å². The quantitative estimate of drug-likeness (QED) is 0.375. The second-order valence-electron chi connectivity index (χ2n) is 6.12. The van der Waals surface area contributed by atoms with E-state index in [-0.39, 0.29) is 28.4 Å². The van der Waals surface area contributed by atoms with Crippen LogP contribution in [0.4, 0.5) is 13.6 Å². The molecule has 1 heterocycles. The van der Waals surface area contributed by atoms with Crippen molar-refractivity contribution >= 4 is 51.8 Å². The molecule has 2 amide bonds. The van der Waals surface area contributed by atoms with E-state index in [1.54, 1.807) is 12.1 Å². The SMILES string of the molecule is COC(=O)C([As])Cc1ccc(Oc2ccc(C=C3SC(=O)NC3=O)cc2)c(F)c1F. The van der Waals surface area contributed by atoms with Crippen LogP contribution in [0.25, 0.3) is 6.08 Å². The predicted octanol–water partition coefficient (Wildman–Crippen LogP) is 3.75. The number of esters is 1. The number of imide groups is 1. The minimum atomic E-state index is -1.17. The van der Waals surface area contributed by atoms with Crippen molar-refractivity contribution in [2.45, 2.75) is 11.1 Å². The number of rotatable bonds is 6. The molecule has 154 valence electrons. The van der Waals surface area contributed by atoms with E-state index in [9.17, 15) is 23.2 Å². The van der Waals surface area contributed by atoms with Crippen LogP contribution in [0, 0.1) is 11.6 Å². The Hall–Kier alpha value is -2.64. The summed E-state index contributed by atoms with van der Waals surface area (Å²) in [6, 6.07) is 8.89. The molecule has 0 spiro atoms. The van der Waals surface area contributed by atoms with Gasteiger partial charge in [-0.1, -0.05) is 0 Å². The molecule has 1 fully saturated rings. The number of amides is 2. The number of carbonyl (C=O) groups is 3. The summed E-state index contributed by atoms with van der Waals surface area (Å²) in [6.07, 6.45) is 1.50. The number of benzene rings is 2. The van der Waals surface area contributed by atoms with Crippen LogP contribution < -0.4 is 10.1 Å². The van der Waals surface area contributed by atoms with E-state index in [1.807, 2.05) is 0 Å². The van der Waals surface area contributed by atoms with Gasteiger partial charge in [0.25, 0.3) is 11.1 Å². The van der Waals surface area contributed by atoms with Crippen LogP contribution in [0.3, 0.4) is 0 Å². The van der Waals surface area contributed by atoms with Crippen LogP contribution in [0.5, 0.6) is 11.5 Å². The van der Waals surface area contributed by atoms with Crippen LogP contribution in [0.15, 0.2) is 41.3 Å². The number of hydrogen-bond donors (Lipinski definition) is 1. The molecule has 1 atom stereocenters. The van der Waals surface area contributed by atoms with Crippen molar-refractivity contribution < 1.29 is 32.6 Å². The summed E-state index contributed by atoms with van der Waals surface area (Å²) in [5.74, 6) is -3.32. The van der Waals surface area contributed by atoms with Crippen LogP contribution in [-0.2, 0) is 20.7 Å². The summed E-state index contributed by atoms with van der Waals surface area (Å²) in [5, 5.41) is 1.72. The Morgan fingerprint density at radius 1 is 1.17 bits per heavy atom. The summed E-state index contributed by atoms with van der Waals surface area (Å²) >= 11 is 2.86. The number of thioether (sulfide) groups is 1. The predicted molar refractivity (Wildman–Crippen MR) is 107 cm³/mol. The molecular formula is C20H14AsF2NO5S. The van der Waals surface area contributed by atoms with Gasteiger partial charge in [0, 0.05) is 0 Å². The van der Waals surface area contributed by atoms with E-state index in [1.165, 1.54) is 37.5 Å². The molecule has 1 aliphatic heterocycles. The van der Waals surface area contributed by atoms with E-state index in [4.69, 9.17) is 4.74 Å². The van der Waals surface area contributed by atoms with E-state index >= 15 is 0 Å². The van der Waals surface area contributed by atoms with Crippen LogP contribution in [0.2, 0.25) is 4.71 Å². The van der Waals surface area contributed by atoms with Crippen LogP contribution in [0.1, 0.15) is 11.1 Å². The van der Waals surface area contributed by atoms with E-state index in [2.05, 4.69) is 26.9 Å². The standard InChI is InChI=1S/C20H14AsF2NO5S/c1-28-19(26)13(21)9-11-4-7-14(17(23)16(11)22)29-12-5-2-10(3-6-12)8-15-18(25)24-20(27)30-15/h2-8,13H,9H2,1H3,(H,24,25,27). The van der Waals surface area contributed by atoms with Gasteiger partial charge in [0.2, 0.25) is 0 Å². The summed E-state index contributed by atoms with van der Waals surface area (Å²) < 4.78 is 38.1. The van der Waals surface area contributed by atoms with Gasteiger partial charge in [-0.3, -0.25) is 14.9 Å². The number of carbonyl (C=O) groups excluding carboxylic acids is 3. The first kappa shape index (κ1) is 22.1. The maximum absolute atomic E-state index is 14.4. The average molecular weight is 493 g/mol. The summed E-state index contributed by atoms with van der Waals surface area (Å²) in [4.78, 5) is 34.5. The molecule has 1 N–H and O–H groups in total. The third-order valence-electron chi connectivity index (χ3n) is 4.06. The molecule has 0 aromatic heterocycles. The number of methoxy groups -OCH3 is 1. The van der Waals surface area contributed by atoms with Gasteiger partial charge in [0.05, 0.1) is 4.91 Å². The summed E-state index contributed by atoms with van der Waals surface area (Å²) in [5.41, 5.74) is 0.659. The average Bonchev–Trinajstić information content (AvgIpc) is 3.04. The molecule has 1 unspecified atom stereocenters. The van der Waals surface area contributed by atoms with Crippen molar-refractivity contribution in [3.8, 4) is 11.5 Å². The Labute approximate surface area is 183 Å². The first-order chi connectivity index (χ1) is 14.3. The van der Waals surface area contributed by atoms with Crippen LogP contribution >= 0.6 is 11.8 Å². The van der Waals surface area contributed by atoms with Crippen LogP contribution in [-0.4, -0.2) is 41.1 Å². The number of hydrogen-bond acceptors (Lipinski definition) is 6. The molecule has 0 aliphatic carbocycles. The molecule has 30 heavy (non-hydrogen) atoms. The molecule has 1 saturated heterocycles. The normalized spacial score (nSPS) is 15.8. The van der Waals surface area contributed by atoms with Crippen molar-refractivity contribution in [3.05, 3.63) is 64.1 Å². The monoisotopic (exact) mass is 493 g/mol. The zero-order chi connectivity index (χ0) is 21.8. The number of halogens is 2. The molecule has 2 aromatic carbocycles. The molecule has 1 aliphatic rings. The van der Waals surface area contributed by atoms with E-state index in [0.717, 1.165) is 11.8 Å². The molecule has 2 radical (unpaired) electrons. The summed E-state index contributed by atoms with van der Waals surface area (Å²) in [6.45, 7) is 0. The van der Waals surface area contributed by atoms with Crippen molar-refractivity contribution in [2.75, 3.05) is 7.11 Å². The fourth-order valence-electron chi connectivity index (χ4n) is 2.57. The van der Waals surface area contributed by atoms with Crippen molar-refractivity contribution in [2.24, 2.45) is 0 Å². The Balaban J connectivity index is 1.73. The van der Waals surface area contributed by atoms with Crippen molar-refractivity contribution in [1.29, 1.82) is 0 Å². The Morgan fingerprint density at radius 3 is 2.47 bits per heavy atom. The van der Waals surface area contributed by atoms with Gasteiger partial charge in [-0.05, 0) is 11.8 Å².